The Balaban J connectivity index is 2.24. The van der Waals surface area contributed by atoms with E-state index in [9.17, 15) is 35.9 Å². The van der Waals surface area contributed by atoms with Crippen LogP contribution in [0.25, 0.3) is 0 Å². The van der Waals surface area contributed by atoms with Gasteiger partial charge in [0.15, 0.2) is 6.23 Å². The van der Waals surface area contributed by atoms with Crippen LogP contribution in [-0.2, 0) is 15.7 Å². The van der Waals surface area contributed by atoms with Crippen LogP contribution in [0.1, 0.15) is 47.1 Å². The molecule has 1 heterocycles. The van der Waals surface area contributed by atoms with E-state index < -0.39 is 47.6 Å². The summed E-state index contributed by atoms with van der Waals surface area (Å²) in [6.07, 6.45) is -5.56. The number of hydrogen-bond acceptors (Lipinski definition) is 6. The first kappa shape index (κ1) is 27.5. The zero-order valence-corrected chi connectivity index (χ0v) is 17.9. The standard InChI is InChI=1S/C22H19F6N3O4/c1-2-3-4-5-9-30-19(32)13-7-6-8-15(10-13)34-17-12-14(11-16(31-17)21(23,24)25)18(29)35-20(33)22(26,27)28/h1,6-8,10-12,18H,3-5,9,29H2,(H,30,32). The number of carbonyl (C=O) groups excluding carboxylic acids is 2. The Labute approximate surface area is 195 Å². The Morgan fingerprint density at radius 2 is 1.83 bits per heavy atom. The molecule has 7 nitrogen and oxygen atoms in total. The third kappa shape index (κ3) is 8.49. The maximum atomic E-state index is 13.3. The zero-order chi connectivity index (χ0) is 26.2. The van der Waals surface area contributed by atoms with E-state index in [4.69, 9.17) is 16.9 Å². The Bertz CT molecular complexity index is 1100. The number of nitrogens with one attached hydrogen (secondary N) is 1. The summed E-state index contributed by atoms with van der Waals surface area (Å²) < 4.78 is 86.3. The molecule has 0 radical (unpaired) electrons. The molecular weight excluding hydrogens is 484 g/mol. The molecule has 0 spiro atoms. The number of aromatic nitrogens is 1. The first-order chi connectivity index (χ1) is 16.3. The topological polar surface area (TPSA) is 104 Å². The lowest BCUT2D eigenvalue weighted by Crippen LogP contribution is -2.30. The van der Waals surface area contributed by atoms with Gasteiger partial charge in [0.25, 0.3) is 5.91 Å². The molecule has 0 aliphatic carbocycles. The predicted octanol–water partition coefficient (Wildman–Crippen LogP) is 4.49. The number of carbonyl (C=O) groups is 2. The molecule has 0 saturated carbocycles. The van der Waals surface area contributed by atoms with Crippen LogP contribution in [0.4, 0.5) is 26.3 Å². The summed E-state index contributed by atoms with van der Waals surface area (Å²) in [6, 6.07) is 6.47. The third-order valence-corrected chi connectivity index (χ3v) is 4.26. The normalized spacial score (nSPS) is 12.4. The van der Waals surface area contributed by atoms with Gasteiger partial charge in [-0.15, -0.1) is 12.3 Å². The molecule has 1 aromatic heterocycles. The van der Waals surface area contributed by atoms with Gasteiger partial charge in [-0.25, -0.2) is 9.78 Å². The molecule has 2 rings (SSSR count). The number of esters is 1. The van der Waals surface area contributed by atoms with Crippen molar-refractivity contribution < 1.29 is 45.4 Å². The van der Waals surface area contributed by atoms with Crippen LogP contribution in [0.15, 0.2) is 36.4 Å². The van der Waals surface area contributed by atoms with Crippen molar-refractivity contribution in [3.05, 3.63) is 53.2 Å². The molecule has 2 aromatic rings. The highest BCUT2D eigenvalue weighted by Crippen LogP contribution is 2.33. The minimum atomic E-state index is -5.40. The summed E-state index contributed by atoms with van der Waals surface area (Å²) in [4.78, 5) is 26.5. The SMILES string of the molecule is C#CCCCCNC(=O)c1cccc(Oc2cc(C(N)OC(=O)C(F)(F)F)cc(C(F)(F)F)n2)c1. The monoisotopic (exact) mass is 503 g/mol. The quantitative estimate of drug-likeness (QED) is 0.172. The number of ether oxygens (including phenoxy) is 2. The highest BCUT2D eigenvalue weighted by molar-refractivity contribution is 5.94. The van der Waals surface area contributed by atoms with Crippen molar-refractivity contribution in [3.63, 3.8) is 0 Å². The van der Waals surface area contributed by atoms with Crippen LogP contribution < -0.4 is 15.8 Å². The summed E-state index contributed by atoms with van der Waals surface area (Å²) in [6.45, 7) is 0.346. The number of amides is 1. The molecule has 1 unspecified atom stereocenters. The maximum Gasteiger partial charge on any atom is 0.490 e. The van der Waals surface area contributed by atoms with Crippen molar-refractivity contribution in [2.24, 2.45) is 5.73 Å². The second-order valence-electron chi connectivity index (χ2n) is 6.99. The van der Waals surface area contributed by atoms with Gasteiger partial charge in [-0.1, -0.05) is 6.07 Å². The number of pyridine rings is 1. The summed E-state index contributed by atoms with van der Waals surface area (Å²) in [5.74, 6) is -1.49. The van der Waals surface area contributed by atoms with Crippen LogP contribution in [0.2, 0.25) is 0 Å². The van der Waals surface area contributed by atoms with Crippen molar-refractivity contribution in [1.29, 1.82) is 0 Å². The van der Waals surface area contributed by atoms with E-state index in [0.29, 0.717) is 31.9 Å². The molecule has 3 N–H and O–H groups in total. The van der Waals surface area contributed by atoms with Gasteiger partial charge in [0, 0.05) is 30.2 Å². The summed E-state index contributed by atoms with van der Waals surface area (Å²) in [5, 5.41) is 2.65. The Morgan fingerprint density at radius 3 is 2.46 bits per heavy atom. The van der Waals surface area contributed by atoms with Gasteiger partial charge in [-0.05, 0) is 37.1 Å². The molecule has 0 aliphatic rings. The number of unbranched alkanes of at least 4 members (excludes halogenated alkanes) is 2. The van der Waals surface area contributed by atoms with E-state index in [2.05, 4.69) is 21.0 Å². The number of nitrogens with two attached hydrogens (primary N) is 1. The third-order valence-electron chi connectivity index (χ3n) is 4.26. The summed E-state index contributed by atoms with van der Waals surface area (Å²) >= 11 is 0. The maximum absolute atomic E-state index is 13.3. The van der Waals surface area contributed by atoms with Gasteiger partial charge in [-0.3, -0.25) is 10.5 Å². The lowest BCUT2D eigenvalue weighted by atomic mass is 10.2. The lowest BCUT2D eigenvalue weighted by molar-refractivity contribution is -0.205. The fraction of sp³-hybridized carbons (Fsp3) is 0.318. The molecule has 1 atom stereocenters. The highest BCUT2D eigenvalue weighted by Gasteiger charge is 2.42. The van der Waals surface area contributed by atoms with Gasteiger partial charge < -0.3 is 14.8 Å². The molecule has 1 amide bonds. The van der Waals surface area contributed by atoms with E-state index in [-0.39, 0.29) is 11.3 Å². The van der Waals surface area contributed by atoms with Crippen LogP contribution in [0, 0.1) is 12.3 Å². The van der Waals surface area contributed by atoms with Gasteiger partial charge in [-0.2, -0.15) is 26.3 Å². The number of alkyl halides is 6. The van der Waals surface area contributed by atoms with Crippen LogP contribution >= 0.6 is 0 Å². The van der Waals surface area contributed by atoms with E-state index in [1.165, 1.54) is 24.3 Å². The summed E-state index contributed by atoms with van der Waals surface area (Å²) in [5.41, 5.74) is 3.27. The minimum absolute atomic E-state index is 0.0939. The van der Waals surface area contributed by atoms with E-state index >= 15 is 0 Å². The van der Waals surface area contributed by atoms with E-state index in [1.54, 1.807) is 0 Å². The smallest absolute Gasteiger partial charge is 0.439 e. The highest BCUT2D eigenvalue weighted by atomic mass is 19.4. The number of halogens is 6. The molecule has 0 bridgehead atoms. The van der Waals surface area contributed by atoms with Gasteiger partial charge >= 0.3 is 18.3 Å². The molecule has 0 fully saturated rings. The first-order valence-electron chi connectivity index (χ1n) is 9.93. The Kier molecular flexibility index (Phi) is 9.07. The largest absolute Gasteiger partial charge is 0.490 e. The van der Waals surface area contributed by atoms with Crippen molar-refractivity contribution in [1.82, 2.24) is 10.3 Å². The Hall–Kier alpha value is -3.79. The van der Waals surface area contributed by atoms with Crippen LogP contribution in [-0.4, -0.2) is 29.6 Å². The first-order valence-corrected chi connectivity index (χ1v) is 9.93. The van der Waals surface area contributed by atoms with Crippen molar-refractivity contribution in [3.8, 4) is 24.0 Å². The number of nitrogens with zero attached hydrogens (tertiary/aromatic N) is 1. The molecule has 1 aromatic carbocycles. The van der Waals surface area contributed by atoms with Crippen molar-refractivity contribution in [2.45, 2.75) is 37.8 Å². The van der Waals surface area contributed by atoms with E-state index in [1.807, 2.05) is 0 Å². The molecular formula is C22H19F6N3O4. The number of benzene rings is 1. The number of rotatable bonds is 9. The second-order valence-corrected chi connectivity index (χ2v) is 6.99. The molecule has 35 heavy (non-hydrogen) atoms. The summed E-state index contributed by atoms with van der Waals surface area (Å²) in [7, 11) is 0. The fourth-order valence-electron chi connectivity index (χ4n) is 2.61. The van der Waals surface area contributed by atoms with Crippen molar-refractivity contribution >= 4 is 11.9 Å². The zero-order valence-electron chi connectivity index (χ0n) is 17.9. The van der Waals surface area contributed by atoms with Gasteiger partial charge in [0.1, 0.15) is 11.4 Å². The van der Waals surface area contributed by atoms with Gasteiger partial charge in [0.2, 0.25) is 5.88 Å². The molecule has 0 aliphatic heterocycles. The van der Waals surface area contributed by atoms with Crippen LogP contribution in [0.5, 0.6) is 11.6 Å². The molecule has 188 valence electrons. The Morgan fingerprint density at radius 1 is 1.11 bits per heavy atom. The lowest BCUT2D eigenvalue weighted by Gasteiger charge is -2.17. The predicted molar refractivity (Wildman–Crippen MR) is 110 cm³/mol. The fourth-order valence-corrected chi connectivity index (χ4v) is 2.61. The molecule has 0 saturated heterocycles. The average Bonchev–Trinajstić information content (AvgIpc) is 2.77. The number of terminal acetylenes is 1. The minimum Gasteiger partial charge on any atom is -0.439 e. The molecule has 13 heteroatoms. The van der Waals surface area contributed by atoms with Gasteiger partial charge in [0.05, 0.1) is 0 Å². The average molecular weight is 503 g/mol. The van der Waals surface area contributed by atoms with Crippen molar-refractivity contribution in [2.75, 3.05) is 6.54 Å². The van der Waals surface area contributed by atoms with E-state index in [0.717, 1.165) is 6.07 Å². The van der Waals surface area contributed by atoms with Crippen LogP contribution in [0.3, 0.4) is 0 Å². The number of hydrogen-bond donors (Lipinski definition) is 2. The second kappa shape index (κ2) is 11.6.